The molecular formula is C37H31F3N6O4S. The zero-order valence-electron chi connectivity index (χ0n) is 28.0. The largest absolute Gasteiger partial charge is 0.455 e. The van der Waals surface area contributed by atoms with Gasteiger partial charge in [-0.1, -0.05) is 13.0 Å². The van der Waals surface area contributed by atoms with Gasteiger partial charge < -0.3 is 9.73 Å². The van der Waals surface area contributed by atoms with E-state index in [1.54, 1.807) is 30.3 Å². The Morgan fingerprint density at radius 1 is 0.961 bits per heavy atom. The normalized spacial score (nSPS) is 14.2. The molecule has 7 aromatic rings. The first-order chi connectivity index (χ1) is 24.3. The quantitative estimate of drug-likeness (QED) is 0.195. The number of aromatic nitrogens is 3. The standard InChI is InChI=1S/C37H31F3N6O4S/c1-19-16-45(17-19)18-33-42-28-11-10-27(43-35(28)31-14-22-25(39)6-5-7-29(22)46(31)33)23-13-24-32(15-30(23)44(3)51(4,48)49)50-36(34(24)37(47)41-2)21-9-8-20(38)12-26(21)40/h5-15,19H,16-18H2,1-4H3,(H,41,47). The number of carbonyl (C=O) groups is 1. The van der Waals surface area contributed by atoms with Crippen molar-refractivity contribution in [2.45, 2.75) is 13.5 Å². The first-order valence-electron chi connectivity index (χ1n) is 16.2. The number of carbonyl (C=O) groups excluding carboxylic acids is 1. The Kier molecular flexibility index (Phi) is 7.58. The first kappa shape index (κ1) is 32.7. The molecule has 4 aromatic heterocycles. The van der Waals surface area contributed by atoms with Crippen molar-refractivity contribution in [3.8, 4) is 22.6 Å². The molecule has 10 nitrogen and oxygen atoms in total. The second-order valence-corrected chi connectivity index (χ2v) is 15.0. The van der Waals surface area contributed by atoms with Gasteiger partial charge in [0.15, 0.2) is 5.76 Å². The number of furan rings is 1. The van der Waals surface area contributed by atoms with Gasteiger partial charge in [0.05, 0.1) is 51.9 Å². The minimum absolute atomic E-state index is 0.0315. The zero-order chi connectivity index (χ0) is 35.9. The molecular weight excluding hydrogens is 682 g/mol. The summed E-state index contributed by atoms with van der Waals surface area (Å²) >= 11 is 0. The highest BCUT2D eigenvalue weighted by Gasteiger charge is 2.29. The van der Waals surface area contributed by atoms with Gasteiger partial charge in [-0.25, -0.2) is 31.6 Å². The maximum Gasteiger partial charge on any atom is 0.255 e. The Bertz CT molecular complexity index is 2700. The molecule has 0 unspecified atom stereocenters. The van der Waals surface area contributed by atoms with E-state index < -0.39 is 27.6 Å². The molecule has 0 bridgehead atoms. The molecule has 1 aliphatic heterocycles. The Morgan fingerprint density at radius 2 is 1.75 bits per heavy atom. The molecule has 1 amide bonds. The summed E-state index contributed by atoms with van der Waals surface area (Å²) in [5, 5.41) is 3.20. The van der Waals surface area contributed by atoms with E-state index in [0.717, 1.165) is 35.5 Å². The van der Waals surface area contributed by atoms with Crippen LogP contribution in [0, 0.1) is 23.4 Å². The fraction of sp³-hybridized carbons (Fsp3) is 0.216. The number of sulfonamides is 1. The summed E-state index contributed by atoms with van der Waals surface area (Å²) in [7, 11) is -1.06. The maximum atomic E-state index is 15.2. The van der Waals surface area contributed by atoms with Crippen LogP contribution in [0.2, 0.25) is 0 Å². The second-order valence-electron chi connectivity index (χ2n) is 13.0. The van der Waals surface area contributed by atoms with E-state index >= 15 is 8.78 Å². The lowest BCUT2D eigenvalue weighted by atomic mass is 10.0. The number of pyridine rings is 1. The van der Waals surface area contributed by atoms with Gasteiger partial charge in [0.2, 0.25) is 10.0 Å². The van der Waals surface area contributed by atoms with Crippen LogP contribution in [0.15, 0.2) is 71.1 Å². The Labute approximate surface area is 290 Å². The molecule has 0 saturated carbocycles. The van der Waals surface area contributed by atoms with Gasteiger partial charge in [0.25, 0.3) is 5.91 Å². The summed E-state index contributed by atoms with van der Waals surface area (Å²) in [4.78, 5) is 25.6. The lowest BCUT2D eigenvalue weighted by molar-refractivity contribution is 0.0964. The molecule has 0 spiro atoms. The fourth-order valence-electron chi connectivity index (χ4n) is 6.97. The van der Waals surface area contributed by atoms with Crippen molar-refractivity contribution in [1.82, 2.24) is 24.6 Å². The highest BCUT2D eigenvalue weighted by molar-refractivity contribution is 7.92. The summed E-state index contributed by atoms with van der Waals surface area (Å²) < 4.78 is 79.0. The SMILES string of the molecule is CNC(=O)c1c(-c2ccc(F)cc2F)oc2cc(N(C)S(C)(=O)=O)c(-c3ccc4nc(CN5CC(C)C5)n5c6cccc(F)c6cc5c4n3)cc12. The molecule has 5 heterocycles. The molecule has 8 rings (SSSR count). The molecule has 1 saturated heterocycles. The summed E-state index contributed by atoms with van der Waals surface area (Å²) in [6.45, 7) is 4.58. The number of likely N-dealkylation sites (tertiary alicyclic amines) is 1. The summed E-state index contributed by atoms with van der Waals surface area (Å²) in [6.07, 6.45) is 1.04. The van der Waals surface area contributed by atoms with Crippen molar-refractivity contribution in [3.05, 3.63) is 95.6 Å². The number of halogens is 3. The number of anilines is 1. The molecule has 14 heteroatoms. The highest BCUT2D eigenvalue weighted by Crippen LogP contribution is 2.42. The third-order valence-electron chi connectivity index (χ3n) is 9.47. The summed E-state index contributed by atoms with van der Waals surface area (Å²) in [6, 6.07) is 16.0. The van der Waals surface area contributed by atoms with Gasteiger partial charge in [0, 0.05) is 55.7 Å². The molecule has 0 aliphatic carbocycles. The average molecular weight is 713 g/mol. The lowest BCUT2D eigenvalue weighted by Gasteiger charge is -2.36. The van der Waals surface area contributed by atoms with Crippen molar-refractivity contribution in [3.63, 3.8) is 0 Å². The molecule has 0 atom stereocenters. The van der Waals surface area contributed by atoms with Crippen LogP contribution >= 0.6 is 0 Å². The molecule has 260 valence electrons. The van der Waals surface area contributed by atoms with Crippen molar-refractivity contribution >= 4 is 60.0 Å². The van der Waals surface area contributed by atoms with E-state index in [0.29, 0.717) is 57.2 Å². The van der Waals surface area contributed by atoms with Crippen molar-refractivity contribution in [2.75, 3.05) is 37.7 Å². The number of fused-ring (bicyclic) bond motifs is 6. The number of amides is 1. The van der Waals surface area contributed by atoms with E-state index in [9.17, 15) is 17.6 Å². The van der Waals surface area contributed by atoms with Crippen LogP contribution in [0.5, 0.6) is 0 Å². The number of benzene rings is 3. The zero-order valence-corrected chi connectivity index (χ0v) is 28.8. The Balaban J connectivity index is 1.40. The van der Waals surface area contributed by atoms with Crippen molar-refractivity contribution in [2.24, 2.45) is 5.92 Å². The first-order valence-corrected chi connectivity index (χ1v) is 18.0. The fourth-order valence-corrected chi connectivity index (χ4v) is 7.48. The molecule has 51 heavy (non-hydrogen) atoms. The maximum absolute atomic E-state index is 15.2. The van der Waals surface area contributed by atoms with E-state index in [-0.39, 0.29) is 39.4 Å². The second kappa shape index (κ2) is 11.8. The monoisotopic (exact) mass is 712 g/mol. The van der Waals surface area contributed by atoms with Crippen LogP contribution in [0.1, 0.15) is 23.1 Å². The smallest absolute Gasteiger partial charge is 0.255 e. The predicted molar refractivity (Wildman–Crippen MR) is 190 cm³/mol. The van der Waals surface area contributed by atoms with Crippen molar-refractivity contribution in [1.29, 1.82) is 0 Å². The van der Waals surface area contributed by atoms with Crippen LogP contribution in [-0.4, -0.2) is 67.0 Å². The van der Waals surface area contributed by atoms with Crippen LogP contribution in [-0.2, 0) is 16.6 Å². The minimum atomic E-state index is -3.84. The third kappa shape index (κ3) is 5.36. The molecule has 1 aliphatic rings. The van der Waals surface area contributed by atoms with Crippen LogP contribution in [0.4, 0.5) is 18.9 Å². The van der Waals surface area contributed by atoms with Gasteiger partial charge >= 0.3 is 0 Å². The van der Waals surface area contributed by atoms with Gasteiger partial charge in [-0.2, -0.15) is 0 Å². The van der Waals surface area contributed by atoms with Gasteiger partial charge in [-0.05, 0) is 54.4 Å². The van der Waals surface area contributed by atoms with Gasteiger partial charge in [0.1, 0.15) is 34.4 Å². The lowest BCUT2D eigenvalue weighted by Crippen LogP contribution is -2.44. The Morgan fingerprint density at radius 3 is 2.45 bits per heavy atom. The predicted octanol–water partition coefficient (Wildman–Crippen LogP) is 6.74. The van der Waals surface area contributed by atoms with Crippen LogP contribution in [0.3, 0.4) is 0 Å². The topological polar surface area (TPSA) is 113 Å². The van der Waals surface area contributed by atoms with Gasteiger partial charge in [-0.15, -0.1) is 0 Å². The molecule has 1 fully saturated rings. The van der Waals surface area contributed by atoms with E-state index in [2.05, 4.69) is 17.1 Å². The van der Waals surface area contributed by atoms with E-state index in [1.165, 1.54) is 32.3 Å². The number of rotatable bonds is 7. The van der Waals surface area contributed by atoms with E-state index in [1.807, 2.05) is 10.5 Å². The third-order valence-corrected chi connectivity index (χ3v) is 10.7. The summed E-state index contributed by atoms with van der Waals surface area (Å²) in [5.41, 5.74) is 2.97. The molecule has 3 aromatic carbocycles. The van der Waals surface area contributed by atoms with Gasteiger partial charge in [-0.3, -0.25) is 18.4 Å². The number of nitrogens with one attached hydrogen (secondary N) is 1. The van der Waals surface area contributed by atoms with Crippen LogP contribution < -0.4 is 9.62 Å². The Hall–Kier alpha value is -5.47. The molecule has 0 radical (unpaired) electrons. The van der Waals surface area contributed by atoms with E-state index in [4.69, 9.17) is 14.4 Å². The highest BCUT2D eigenvalue weighted by atomic mass is 32.2. The number of hydrogen-bond acceptors (Lipinski definition) is 7. The summed E-state index contributed by atoms with van der Waals surface area (Å²) in [5.74, 6) is -1.60. The number of nitrogens with zero attached hydrogens (tertiary/aromatic N) is 5. The van der Waals surface area contributed by atoms with Crippen LogP contribution in [0.25, 0.3) is 61.0 Å². The number of hydrogen-bond donors (Lipinski definition) is 1. The van der Waals surface area contributed by atoms with Crippen molar-refractivity contribution < 1.29 is 30.8 Å². The average Bonchev–Trinajstić information content (AvgIpc) is 3.66. The minimum Gasteiger partial charge on any atom is -0.455 e. The molecule has 1 N–H and O–H groups in total.